The van der Waals surface area contributed by atoms with E-state index in [-0.39, 0.29) is 5.56 Å². The Morgan fingerprint density at radius 1 is 1.53 bits per heavy atom. The Morgan fingerprint density at radius 2 is 2.26 bits per heavy atom. The molecule has 0 saturated carbocycles. The number of hydrogen-bond acceptors (Lipinski definition) is 5. The number of ether oxygens (including phenoxy) is 1. The molecule has 0 aromatic carbocycles. The van der Waals surface area contributed by atoms with E-state index in [0.29, 0.717) is 17.6 Å². The Morgan fingerprint density at radius 3 is 2.89 bits per heavy atom. The maximum Gasteiger partial charge on any atom is 0.283 e. The molecular weight excluding hydrogens is 312 g/mol. The second-order valence-electron chi connectivity index (χ2n) is 4.22. The number of halogens is 1. The number of nitrogens with one attached hydrogen (secondary N) is 1. The Hall–Kier alpha value is -0.920. The number of anilines is 1. The molecule has 0 aliphatic heterocycles. The number of methoxy groups -OCH3 is 1. The lowest BCUT2D eigenvalue weighted by Crippen LogP contribution is -2.29. The molecule has 1 aromatic heterocycles. The number of aromatic nitrogens is 2. The number of nitrogens with zero attached hydrogens (tertiary/aromatic N) is 3. The maximum absolute atomic E-state index is 11.8. The number of likely N-dealkylation sites (N-methyl/N-ethyl adjacent to an activating group) is 1. The van der Waals surface area contributed by atoms with Crippen LogP contribution >= 0.6 is 15.9 Å². The van der Waals surface area contributed by atoms with Gasteiger partial charge in [-0.05, 0) is 29.9 Å². The van der Waals surface area contributed by atoms with Crippen LogP contribution in [0, 0.1) is 0 Å². The van der Waals surface area contributed by atoms with Gasteiger partial charge in [-0.25, -0.2) is 4.68 Å². The van der Waals surface area contributed by atoms with Crippen LogP contribution in [0.3, 0.4) is 0 Å². The van der Waals surface area contributed by atoms with Crippen molar-refractivity contribution in [2.24, 2.45) is 0 Å². The van der Waals surface area contributed by atoms with E-state index in [4.69, 9.17) is 4.74 Å². The standard InChI is InChI=1S/C12H21BrN4O2/c1-4-17-12(18)11(13)10(9-15-17)14-5-6-16(2)7-8-19-3/h9,14H,4-8H2,1-3H3. The Bertz CT molecular complexity index is 450. The first-order valence-corrected chi connectivity index (χ1v) is 7.06. The molecule has 0 fully saturated rings. The van der Waals surface area contributed by atoms with Crippen molar-refractivity contribution in [2.75, 3.05) is 45.7 Å². The van der Waals surface area contributed by atoms with Crippen LogP contribution in [-0.4, -0.2) is 55.1 Å². The molecule has 108 valence electrons. The molecule has 0 aliphatic carbocycles. The van der Waals surface area contributed by atoms with E-state index in [1.165, 1.54) is 4.68 Å². The van der Waals surface area contributed by atoms with Gasteiger partial charge in [0.15, 0.2) is 0 Å². The van der Waals surface area contributed by atoms with Gasteiger partial charge in [-0.2, -0.15) is 5.10 Å². The Labute approximate surface area is 121 Å². The quantitative estimate of drug-likeness (QED) is 0.770. The molecular formula is C12H21BrN4O2. The molecule has 0 atom stereocenters. The van der Waals surface area contributed by atoms with Crippen LogP contribution in [0.2, 0.25) is 0 Å². The minimum absolute atomic E-state index is 0.111. The second kappa shape index (κ2) is 8.29. The van der Waals surface area contributed by atoms with Crippen LogP contribution in [-0.2, 0) is 11.3 Å². The summed E-state index contributed by atoms with van der Waals surface area (Å²) < 4.78 is 6.96. The highest BCUT2D eigenvalue weighted by Crippen LogP contribution is 2.15. The van der Waals surface area contributed by atoms with Gasteiger partial charge in [0.1, 0.15) is 4.47 Å². The summed E-state index contributed by atoms with van der Waals surface area (Å²) in [6, 6.07) is 0. The van der Waals surface area contributed by atoms with E-state index in [1.54, 1.807) is 13.3 Å². The zero-order chi connectivity index (χ0) is 14.3. The summed E-state index contributed by atoms with van der Waals surface area (Å²) in [6.45, 7) is 5.67. The zero-order valence-corrected chi connectivity index (χ0v) is 13.2. The number of rotatable bonds is 8. The SMILES string of the molecule is CCn1ncc(NCCN(C)CCOC)c(Br)c1=O. The summed E-state index contributed by atoms with van der Waals surface area (Å²) in [4.78, 5) is 14.0. The summed E-state index contributed by atoms with van der Waals surface area (Å²) in [5.41, 5.74) is 0.620. The fraction of sp³-hybridized carbons (Fsp3) is 0.667. The highest BCUT2D eigenvalue weighted by molar-refractivity contribution is 9.10. The van der Waals surface area contributed by atoms with E-state index in [0.717, 1.165) is 25.3 Å². The van der Waals surface area contributed by atoms with Crippen molar-refractivity contribution in [2.45, 2.75) is 13.5 Å². The topological polar surface area (TPSA) is 59.4 Å². The highest BCUT2D eigenvalue weighted by Gasteiger charge is 2.07. The largest absolute Gasteiger partial charge is 0.383 e. The molecule has 0 radical (unpaired) electrons. The van der Waals surface area contributed by atoms with Crippen molar-refractivity contribution >= 4 is 21.6 Å². The van der Waals surface area contributed by atoms with Crippen LogP contribution in [0.15, 0.2) is 15.5 Å². The molecule has 0 bridgehead atoms. The fourth-order valence-corrected chi connectivity index (χ4v) is 2.00. The van der Waals surface area contributed by atoms with E-state index in [1.807, 2.05) is 14.0 Å². The van der Waals surface area contributed by atoms with Crippen molar-refractivity contribution in [3.8, 4) is 0 Å². The van der Waals surface area contributed by atoms with Crippen LogP contribution < -0.4 is 10.9 Å². The number of aryl methyl sites for hydroxylation is 1. The molecule has 0 saturated heterocycles. The van der Waals surface area contributed by atoms with Gasteiger partial charge in [-0.3, -0.25) is 4.79 Å². The third-order valence-electron chi connectivity index (χ3n) is 2.77. The zero-order valence-electron chi connectivity index (χ0n) is 11.6. The molecule has 0 spiro atoms. The van der Waals surface area contributed by atoms with Gasteiger partial charge >= 0.3 is 0 Å². The van der Waals surface area contributed by atoms with Crippen LogP contribution in [0.25, 0.3) is 0 Å². The van der Waals surface area contributed by atoms with Gasteiger partial charge in [-0.15, -0.1) is 0 Å². The second-order valence-corrected chi connectivity index (χ2v) is 5.01. The molecule has 1 aromatic rings. The Kier molecular flexibility index (Phi) is 7.04. The predicted molar refractivity (Wildman–Crippen MR) is 79.7 cm³/mol. The normalized spacial score (nSPS) is 11.0. The molecule has 0 aliphatic rings. The van der Waals surface area contributed by atoms with Crippen LogP contribution in [0.4, 0.5) is 5.69 Å². The average molecular weight is 333 g/mol. The highest BCUT2D eigenvalue weighted by atomic mass is 79.9. The van der Waals surface area contributed by atoms with Gasteiger partial charge in [0, 0.05) is 33.3 Å². The van der Waals surface area contributed by atoms with Crippen molar-refractivity contribution in [1.29, 1.82) is 0 Å². The van der Waals surface area contributed by atoms with Gasteiger partial charge < -0.3 is 15.0 Å². The lowest BCUT2D eigenvalue weighted by atomic mass is 10.4. The molecule has 0 amide bonds. The predicted octanol–water partition coefficient (Wildman–Crippen LogP) is 1.02. The third kappa shape index (κ3) is 4.93. The van der Waals surface area contributed by atoms with Crippen LogP contribution in [0.5, 0.6) is 0 Å². The van der Waals surface area contributed by atoms with E-state index >= 15 is 0 Å². The van der Waals surface area contributed by atoms with E-state index < -0.39 is 0 Å². The lowest BCUT2D eigenvalue weighted by Gasteiger charge is -2.17. The summed E-state index contributed by atoms with van der Waals surface area (Å²) in [7, 11) is 3.72. The summed E-state index contributed by atoms with van der Waals surface area (Å²) in [5, 5.41) is 7.29. The van der Waals surface area contributed by atoms with Gasteiger partial charge in [0.05, 0.1) is 18.5 Å². The van der Waals surface area contributed by atoms with E-state index in [9.17, 15) is 4.79 Å². The molecule has 1 rings (SSSR count). The van der Waals surface area contributed by atoms with Crippen molar-refractivity contribution in [3.63, 3.8) is 0 Å². The van der Waals surface area contributed by atoms with Gasteiger partial charge in [0.25, 0.3) is 5.56 Å². The molecule has 7 heteroatoms. The van der Waals surface area contributed by atoms with Crippen molar-refractivity contribution < 1.29 is 4.74 Å². The minimum Gasteiger partial charge on any atom is -0.383 e. The third-order valence-corrected chi connectivity index (χ3v) is 3.54. The fourth-order valence-electron chi connectivity index (χ4n) is 1.55. The molecule has 1 N–H and O–H groups in total. The summed E-state index contributed by atoms with van der Waals surface area (Å²) >= 11 is 3.31. The smallest absolute Gasteiger partial charge is 0.283 e. The van der Waals surface area contributed by atoms with Gasteiger partial charge in [0.2, 0.25) is 0 Å². The molecule has 1 heterocycles. The first kappa shape index (κ1) is 16.1. The van der Waals surface area contributed by atoms with E-state index in [2.05, 4.69) is 31.2 Å². The van der Waals surface area contributed by atoms with Crippen LogP contribution in [0.1, 0.15) is 6.92 Å². The molecule has 19 heavy (non-hydrogen) atoms. The molecule has 0 unspecified atom stereocenters. The Balaban J connectivity index is 2.50. The lowest BCUT2D eigenvalue weighted by molar-refractivity contribution is 0.163. The first-order valence-electron chi connectivity index (χ1n) is 6.27. The average Bonchev–Trinajstić information content (AvgIpc) is 2.41. The van der Waals surface area contributed by atoms with Crippen molar-refractivity contribution in [3.05, 3.63) is 21.0 Å². The number of hydrogen-bond donors (Lipinski definition) is 1. The molecule has 6 nitrogen and oxygen atoms in total. The minimum atomic E-state index is -0.111. The van der Waals surface area contributed by atoms with Gasteiger partial charge in [-0.1, -0.05) is 0 Å². The monoisotopic (exact) mass is 332 g/mol. The summed E-state index contributed by atoms with van der Waals surface area (Å²) in [5.74, 6) is 0. The maximum atomic E-state index is 11.8. The van der Waals surface area contributed by atoms with Crippen molar-refractivity contribution in [1.82, 2.24) is 14.7 Å². The first-order chi connectivity index (χ1) is 9.10. The summed E-state index contributed by atoms with van der Waals surface area (Å²) in [6.07, 6.45) is 1.67.